The van der Waals surface area contributed by atoms with E-state index in [2.05, 4.69) is 20.9 Å². The monoisotopic (exact) mass is 308 g/mol. The minimum absolute atomic E-state index is 0.0178. The fourth-order valence-corrected chi connectivity index (χ4v) is 1.89. The topological polar surface area (TPSA) is 65.5 Å². The zero-order valence-electron chi connectivity index (χ0n) is 13.4. The number of aliphatic imine (C=N–C) groups is 1. The van der Waals surface area contributed by atoms with Crippen LogP contribution in [-0.2, 0) is 11.2 Å². The Balaban J connectivity index is 2.22. The van der Waals surface area contributed by atoms with Gasteiger partial charge in [0.05, 0.1) is 0 Å². The van der Waals surface area contributed by atoms with Crippen molar-refractivity contribution in [2.45, 2.75) is 32.7 Å². The fraction of sp³-hybridized carbons (Fsp3) is 0.500. The molecule has 0 aliphatic rings. The van der Waals surface area contributed by atoms with E-state index < -0.39 is 0 Å². The van der Waals surface area contributed by atoms with Gasteiger partial charge in [-0.3, -0.25) is 9.79 Å². The van der Waals surface area contributed by atoms with E-state index in [1.54, 1.807) is 19.2 Å². The SMILES string of the molecule is CN=C(NCCC(=O)NC(C)C)NCCc1ccc(F)cc1. The molecule has 0 atom stereocenters. The molecule has 0 saturated carbocycles. The zero-order chi connectivity index (χ0) is 16.4. The lowest BCUT2D eigenvalue weighted by Gasteiger charge is -2.12. The number of carbonyl (C=O) groups is 1. The molecule has 0 fully saturated rings. The molecule has 122 valence electrons. The van der Waals surface area contributed by atoms with Crippen molar-refractivity contribution in [3.05, 3.63) is 35.6 Å². The number of hydrogen-bond donors (Lipinski definition) is 3. The summed E-state index contributed by atoms with van der Waals surface area (Å²) in [4.78, 5) is 15.6. The van der Waals surface area contributed by atoms with Gasteiger partial charge in [0.1, 0.15) is 5.82 Å². The molecule has 0 heterocycles. The molecule has 6 heteroatoms. The third-order valence-electron chi connectivity index (χ3n) is 2.94. The summed E-state index contributed by atoms with van der Waals surface area (Å²) in [6, 6.07) is 6.60. The third-order valence-corrected chi connectivity index (χ3v) is 2.94. The average molecular weight is 308 g/mol. The van der Waals surface area contributed by atoms with Gasteiger partial charge in [0.15, 0.2) is 5.96 Å². The Morgan fingerprint density at radius 1 is 1.18 bits per heavy atom. The summed E-state index contributed by atoms with van der Waals surface area (Å²) < 4.78 is 12.8. The number of rotatable bonds is 7. The number of amides is 1. The van der Waals surface area contributed by atoms with Crippen LogP contribution in [0.3, 0.4) is 0 Å². The van der Waals surface area contributed by atoms with E-state index in [0.717, 1.165) is 12.0 Å². The Labute approximate surface area is 131 Å². The smallest absolute Gasteiger partial charge is 0.221 e. The largest absolute Gasteiger partial charge is 0.356 e. The van der Waals surface area contributed by atoms with Gasteiger partial charge < -0.3 is 16.0 Å². The van der Waals surface area contributed by atoms with Gasteiger partial charge in [0.2, 0.25) is 5.91 Å². The van der Waals surface area contributed by atoms with E-state index in [9.17, 15) is 9.18 Å². The minimum Gasteiger partial charge on any atom is -0.356 e. The van der Waals surface area contributed by atoms with Gasteiger partial charge in [0.25, 0.3) is 0 Å². The van der Waals surface area contributed by atoms with E-state index in [-0.39, 0.29) is 17.8 Å². The molecule has 0 aliphatic carbocycles. The highest BCUT2D eigenvalue weighted by atomic mass is 19.1. The number of benzene rings is 1. The van der Waals surface area contributed by atoms with Crippen LogP contribution in [-0.4, -0.2) is 38.0 Å². The van der Waals surface area contributed by atoms with Crippen molar-refractivity contribution >= 4 is 11.9 Å². The van der Waals surface area contributed by atoms with E-state index in [1.807, 2.05) is 13.8 Å². The third kappa shape index (κ3) is 7.61. The fourth-order valence-electron chi connectivity index (χ4n) is 1.89. The van der Waals surface area contributed by atoms with Crippen LogP contribution in [0.1, 0.15) is 25.8 Å². The Bertz CT molecular complexity index is 485. The summed E-state index contributed by atoms with van der Waals surface area (Å²) >= 11 is 0. The minimum atomic E-state index is -0.228. The predicted octanol–water partition coefficient (Wildman–Crippen LogP) is 1.45. The number of guanidine groups is 1. The van der Waals surface area contributed by atoms with Crippen LogP contribution in [0.4, 0.5) is 4.39 Å². The van der Waals surface area contributed by atoms with Crippen LogP contribution >= 0.6 is 0 Å². The Kier molecular flexibility index (Phi) is 7.96. The van der Waals surface area contributed by atoms with Crippen molar-refractivity contribution in [1.82, 2.24) is 16.0 Å². The molecular weight excluding hydrogens is 283 g/mol. The molecule has 0 unspecified atom stereocenters. The summed E-state index contributed by atoms with van der Waals surface area (Å²) in [7, 11) is 1.68. The van der Waals surface area contributed by atoms with Crippen LogP contribution in [0.5, 0.6) is 0 Å². The highest BCUT2D eigenvalue weighted by Crippen LogP contribution is 2.02. The summed E-state index contributed by atoms with van der Waals surface area (Å²) in [6.45, 7) is 5.07. The van der Waals surface area contributed by atoms with Crippen molar-refractivity contribution in [3.8, 4) is 0 Å². The quantitative estimate of drug-likeness (QED) is 0.527. The number of carbonyl (C=O) groups excluding carboxylic acids is 1. The van der Waals surface area contributed by atoms with Gasteiger partial charge in [-0.15, -0.1) is 0 Å². The standard InChI is InChI=1S/C16H25FN4O/c1-12(2)21-15(22)9-11-20-16(18-3)19-10-8-13-4-6-14(17)7-5-13/h4-7,12H,8-11H2,1-3H3,(H,21,22)(H2,18,19,20). The molecule has 0 saturated heterocycles. The summed E-state index contributed by atoms with van der Waals surface area (Å²) in [5, 5.41) is 9.08. The second-order valence-electron chi connectivity index (χ2n) is 5.27. The van der Waals surface area contributed by atoms with Crippen molar-refractivity contribution < 1.29 is 9.18 Å². The molecule has 22 heavy (non-hydrogen) atoms. The Morgan fingerprint density at radius 3 is 2.41 bits per heavy atom. The first-order valence-electron chi connectivity index (χ1n) is 7.49. The first kappa shape index (κ1) is 17.9. The van der Waals surface area contributed by atoms with Crippen LogP contribution in [0.15, 0.2) is 29.3 Å². The highest BCUT2D eigenvalue weighted by molar-refractivity contribution is 5.81. The summed E-state index contributed by atoms with van der Waals surface area (Å²) in [5.74, 6) is 0.442. The van der Waals surface area contributed by atoms with Gasteiger partial charge in [-0.05, 0) is 38.0 Å². The molecule has 1 amide bonds. The molecular formula is C16H25FN4O. The highest BCUT2D eigenvalue weighted by Gasteiger charge is 2.04. The first-order chi connectivity index (χ1) is 10.5. The van der Waals surface area contributed by atoms with Crippen molar-refractivity contribution in [2.75, 3.05) is 20.1 Å². The lowest BCUT2D eigenvalue weighted by Crippen LogP contribution is -2.40. The summed E-state index contributed by atoms with van der Waals surface area (Å²) in [6.07, 6.45) is 1.17. The van der Waals surface area contributed by atoms with E-state index >= 15 is 0 Å². The number of nitrogens with zero attached hydrogens (tertiary/aromatic N) is 1. The lowest BCUT2D eigenvalue weighted by molar-refractivity contribution is -0.121. The van der Waals surface area contributed by atoms with Gasteiger partial charge >= 0.3 is 0 Å². The van der Waals surface area contributed by atoms with Crippen molar-refractivity contribution in [2.24, 2.45) is 4.99 Å². The predicted molar refractivity (Wildman–Crippen MR) is 87.4 cm³/mol. The molecule has 1 aromatic rings. The molecule has 5 nitrogen and oxygen atoms in total. The normalized spacial score (nSPS) is 11.4. The van der Waals surface area contributed by atoms with Crippen LogP contribution in [0.2, 0.25) is 0 Å². The maximum absolute atomic E-state index is 12.8. The van der Waals surface area contributed by atoms with E-state index in [4.69, 9.17) is 0 Å². The van der Waals surface area contributed by atoms with Crippen molar-refractivity contribution in [1.29, 1.82) is 0 Å². The van der Waals surface area contributed by atoms with Crippen LogP contribution in [0, 0.1) is 5.82 Å². The Morgan fingerprint density at radius 2 is 1.82 bits per heavy atom. The molecule has 0 radical (unpaired) electrons. The number of hydrogen-bond acceptors (Lipinski definition) is 2. The van der Waals surface area contributed by atoms with E-state index in [0.29, 0.717) is 25.5 Å². The molecule has 1 aromatic carbocycles. The van der Waals surface area contributed by atoms with Crippen LogP contribution in [0.25, 0.3) is 0 Å². The van der Waals surface area contributed by atoms with Gasteiger partial charge in [0, 0.05) is 32.6 Å². The Hall–Kier alpha value is -2.11. The van der Waals surface area contributed by atoms with Gasteiger partial charge in [-0.2, -0.15) is 0 Å². The lowest BCUT2D eigenvalue weighted by atomic mass is 10.1. The van der Waals surface area contributed by atoms with E-state index in [1.165, 1.54) is 12.1 Å². The second kappa shape index (κ2) is 9.76. The van der Waals surface area contributed by atoms with Gasteiger partial charge in [-0.1, -0.05) is 12.1 Å². The number of halogens is 1. The molecule has 1 rings (SSSR count). The molecule has 0 bridgehead atoms. The molecule has 0 aromatic heterocycles. The molecule has 3 N–H and O–H groups in total. The maximum atomic E-state index is 12.8. The average Bonchev–Trinajstić information content (AvgIpc) is 2.47. The zero-order valence-corrected chi connectivity index (χ0v) is 13.4. The van der Waals surface area contributed by atoms with Crippen molar-refractivity contribution in [3.63, 3.8) is 0 Å². The summed E-state index contributed by atoms with van der Waals surface area (Å²) in [5.41, 5.74) is 1.06. The van der Waals surface area contributed by atoms with Crippen LogP contribution < -0.4 is 16.0 Å². The maximum Gasteiger partial charge on any atom is 0.221 e. The molecule has 0 spiro atoms. The second-order valence-corrected chi connectivity index (χ2v) is 5.27. The molecule has 0 aliphatic heterocycles. The number of nitrogens with one attached hydrogen (secondary N) is 3. The van der Waals surface area contributed by atoms with Gasteiger partial charge in [-0.25, -0.2) is 4.39 Å². The first-order valence-corrected chi connectivity index (χ1v) is 7.49.